The highest BCUT2D eigenvalue weighted by molar-refractivity contribution is 6.02. The zero-order valence-corrected chi connectivity index (χ0v) is 15.4. The summed E-state index contributed by atoms with van der Waals surface area (Å²) in [6.45, 7) is 5.79. The van der Waals surface area contributed by atoms with Crippen LogP contribution in [0, 0.1) is 11.2 Å². The Bertz CT molecular complexity index is 814. The number of rotatable bonds is 4. The molecule has 1 aromatic rings. The van der Waals surface area contributed by atoms with E-state index in [1.54, 1.807) is 13.0 Å². The van der Waals surface area contributed by atoms with Crippen LogP contribution in [-0.4, -0.2) is 17.0 Å². The molecule has 2 rings (SSSR count). The lowest BCUT2D eigenvalue weighted by Crippen LogP contribution is -2.27. The van der Waals surface area contributed by atoms with E-state index < -0.39 is 35.0 Å². The predicted octanol–water partition coefficient (Wildman–Crippen LogP) is 5.48. The second-order valence-corrected chi connectivity index (χ2v) is 7.30. The Labute approximate surface area is 155 Å². The average molecular weight is 382 g/mol. The van der Waals surface area contributed by atoms with Crippen LogP contribution in [0.25, 0.3) is 6.08 Å². The lowest BCUT2D eigenvalue weighted by atomic mass is 9.71. The van der Waals surface area contributed by atoms with E-state index in [1.165, 1.54) is 6.08 Å². The lowest BCUT2D eigenvalue weighted by molar-refractivity contribution is -0.138. The van der Waals surface area contributed by atoms with Gasteiger partial charge in [0.05, 0.1) is 11.7 Å². The maximum atomic E-state index is 13.8. The average Bonchev–Trinajstić information content (AvgIpc) is 2.56. The third-order valence-electron chi connectivity index (χ3n) is 4.88. The first-order valence-electron chi connectivity index (χ1n) is 8.58. The molecule has 1 N–H and O–H groups in total. The number of halogens is 4. The smallest absolute Gasteiger partial charge is 0.389 e. The Morgan fingerprint density at radius 3 is 2.48 bits per heavy atom. The molecular formula is C21H22F4O2. The van der Waals surface area contributed by atoms with Gasteiger partial charge in [-0.25, -0.2) is 4.39 Å². The summed E-state index contributed by atoms with van der Waals surface area (Å²) in [7, 11) is 0. The molecule has 0 heterocycles. The van der Waals surface area contributed by atoms with Crippen molar-refractivity contribution in [3.63, 3.8) is 0 Å². The van der Waals surface area contributed by atoms with Gasteiger partial charge in [-0.1, -0.05) is 26.0 Å². The van der Waals surface area contributed by atoms with E-state index >= 15 is 0 Å². The van der Waals surface area contributed by atoms with Crippen molar-refractivity contribution in [1.82, 2.24) is 0 Å². The van der Waals surface area contributed by atoms with Gasteiger partial charge in [0.15, 0.2) is 5.78 Å². The Morgan fingerprint density at radius 2 is 1.85 bits per heavy atom. The minimum atomic E-state index is -4.72. The van der Waals surface area contributed by atoms with Crippen molar-refractivity contribution in [1.29, 1.82) is 0 Å². The van der Waals surface area contributed by atoms with Gasteiger partial charge in [-0.2, -0.15) is 13.2 Å². The van der Waals surface area contributed by atoms with Gasteiger partial charge in [0.1, 0.15) is 5.82 Å². The molecule has 27 heavy (non-hydrogen) atoms. The van der Waals surface area contributed by atoms with Crippen molar-refractivity contribution in [2.75, 3.05) is 0 Å². The van der Waals surface area contributed by atoms with Gasteiger partial charge in [0.2, 0.25) is 0 Å². The molecule has 6 heteroatoms. The second kappa shape index (κ2) is 7.80. The summed E-state index contributed by atoms with van der Waals surface area (Å²) in [6.07, 6.45) is 0.650. The number of allylic oxidation sites excluding steroid dienone is 4. The minimum absolute atomic E-state index is 0.223. The van der Waals surface area contributed by atoms with Gasteiger partial charge in [0, 0.05) is 5.56 Å². The Kier molecular flexibility index (Phi) is 6.10. The van der Waals surface area contributed by atoms with Crippen molar-refractivity contribution >= 4 is 11.9 Å². The lowest BCUT2D eigenvalue weighted by Gasteiger charge is -2.35. The van der Waals surface area contributed by atoms with Crippen LogP contribution in [0.3, 0.4) is 0 Å². The molecule has 0 saturated carbocycles. The van der Waals surface area contributed by atoms with Gasteiger partial charge in [0.25, 0.3) is 0 Å². The van der Waals surface area contributed by atoms with Crippen molar-refractivity contribution in [2.24, 2.45) is 5.41 Å². The molecule has 1 unspecified atom stereocenters. The second-order valence-electron chi connectivity index (χ2n) is 7.30. The van der Waals surface area contributed by atoms with Gasteiger partial charge in [-0.3, -0.25) is 4.79 Å². The molecule has 1 aliphatic carbocycles. The summed E-state index contributed by atoms with van der Waals surface area (Å²) in [5.41, 5.74) is -0.433. The van der Waals surface area contributed by atoms with Crippen molar-refractivity contribution in [3.8, 4) is 0 Å². The fraction of sp³-hybridized carbons (Fsp3) is 0.381. The standard InChI is InChI=1S/C21H22F4O2/c1-13-16(20(2,3)12-11-19(13)27)10-8-14(26)7-9-15-17(21(23,24)25)5-4-6-18(15)22/h4-10,19,27H,11-12H2,1-3H3/b9-7+,10-8+. The highest BCUT2D eigenvalue weighted by Crippen LogP contribution is 2.41. The van der Waals surface area contributed by atoms with E-state index in [0.29, 0.717) is 6.42 Å². The summed E-state index contributed by atoms with van der Waals surface area (Å²) < 4.78 is 52.7. The fourth-order valence-corrected chi connectivity index (χ4v) is 3.26. The first-order chi connectivity index (χ1) is 12.4. The Balaban J connectivity index is 2.27. The Hall–Kier alpha value is -2.21. The fourth-order valence-electron chi connectivity index (χ4n) is 3.26. The molecule has 1 atom stereocenters. The van der Waals surface area contributed by atoms with E-state index in [2.05, 4.69) is 0 Å². The van der Waals surface area contributed by atoms with Gasteiger partial charge < -0.3 is 5.11 Å². The van der Waals surface area contributed by atoms with Crippen molar-refractivity contribution < 1.29 is 27.5 Å². The summed E-state index contributed by atoms with van der Waals surface area (Å²) in [4.78, 5) is 12.1. The van der Waals surface area contributed by atoms with E-state index in [9.17, 15) is 27.5 Å². The quantitative estimate of drug-likeness (QED) is 0.553. The van der Waals surface area contributed by atoms with Crippen LogP contribution in [0.15, 0.2) is 47.6 Å². The van der Waals surface area contributed by atoms with Crippen LogP contribution in [-0.2, 0) is 11.0 Å². The molecule has 0 fully saturated rings. The molecule has 0 aromatic heterocycles. The van der Waals surface area contributed by atoms with E-state index in [4.69, 9.17) is 0 Å². The van der Waals surface area contributed by atoms with Crippen LogP contribution >= 0.6 is 0 Å². The topological polar surface area (TPSA) is 37.3 Å². The molecule has 1 aromatic carbocycles. The van der Waals surface area contributed by atoms with Gasteiger partial charge >= 0.3 is 6.18 Å². The zero-order chi connectivity index (χ0) is 20.4. The van der Waals surface area contributed by atoms with Crippen molar-refractivity contribution in [3.05, 3.63) is 64.5 Å². The van der Waals surface area contributed by atoms with Crippen LogP contribution in [0.2, 0.25) is 0 Å². The third-order valence-corrected chi connectivity index (χ3v) is 4.88. The van der Waals surface area contributed by atoms with E-state index in [-0.39, 0.29) is 5.41 Å². The number of aliphatic hydroxyl groups is 1. The number of carbonyl (C=O) groups is 1. The summed E-state index contributed by atoms with van der Waals surface area (Å²) in [5, 5.41) is 10.00. The maximum absolute atomic E-state index is 13.8. The molecule has 0 saturated heterocycles. The molecule has 0 aliphatic heterocycles. The van der Waals surface area contributed by atoms with Crippen LogP contribution in [0.1, 0.15) is 44.7 Å². The SMILES string of the molecule is CC1=C(/C=C/C(=O)/C=C/c2c(F)cccc2C(F)(F)F)C(C)(C)CCC1O. The maximum Gasteiger partial charge on any atom is 0.417 e. The van der Waals surface area contributed by atoms with Crippen LogP contribution < -0.4 is 0 Å². The molecule has 0 amide bonds. The Morgan fingerprint density at radius 1 is 1.22 bits per heavy atom. The highest BCUT2D eigenvalue weighted by Gasteiger charge is 2.34. The number of carbonyl (C=O) groups excluding carboxylic acids is 1. The number of ketones is 1. The predicted molar refractivity (Wildman–Crippen MR) is 96.3 cm³/mol. The molecule has 2 nitrogen and oxygen atoms in total. The molecule has 146 valence electrons. The number of aliphatic hydroxyl groups excluding tert-OH is 1. The number of hydrogen-bond acceptors (Lipinski definition) is 2. The normalized spacial score (nSPS) is 20.7. The number of benzene rings is 1. The molecular weight excluding hydrogens is 360 g/mol. The monoisotopic (exact) mass is 382 g/mol. The summed E-state index contributed by atoms with van der Waals surface area (Å²) >= 11 is 0. The molecule has 1 aliphatic rings. The third kappa shape index (κ3) is 4.95. The van der Waals surface area contributed by atoms with Gasteiger partial charge in [-0.05, 0) is 66.7 Å². The highest BCUT2D eigenvalue weighted by atomic mass is 19.4. The zero-order valence-electron chi connectivity index (χ0n) is 15.4. The summed E-state index contributed by atoms with van der Waals surface area (Å²) in [6, 6.07) is 2.65. The molecule has 0 bridgehead atoms. The molecule has 0 radical (unpaired) electrons. The number of hydrogen-bond donors (Lipinski definition) is 1. The van der Waals surface area contributed by atoms with Crippen LogP contribution in [0.5, 0.6) is 0 Å². The number of alkyl halides is 3. The summed E-state index contributed by atoms with van der Waals surface area (Å²) in [5.74, 6) is -1.62. The largest absolute Gasteiger partial charge is 0.417 e. The minimum Gasteiger partial charge on any atom is -0.389 e. The van der Waals surface area contributed by atoms with Gasteiger partial charge in [-0.15, -0.1) is 0 Å². The molecule has 0 spiro atoms. The first-order valence-corrected chi connectivity index (χ1v) is 8.58. The first kappa shape index (κ1) is 21.1. The van der Waals surface area contributed by atoms with Crippen molar-refractivity contribution in [2.45, 2.75) is 45.9 Å². The van der Waals surface area contributed by atoms with E-state index in [1.807, 2.05) is 13.8 Å². The van der Waals surface area contributed by atoms with Crippen LogP contribution in [0.4, 0.5) is 17.6 Å². The van der Waals surface area contributed by atoms with E-state index in [0.717, 1.165) is 47.9 Å².